The molecule has 1 N–H and O–H groups in total. The van der Waals surface area contributed by atoms with E-state index in [2.05, 4.69) is 19.9 Å². The molecule has 0 heterocycles. The minimum atomic E-state index is 0.599. The van der Waals surface area contributed by atoms with Crippen LogP contribution in [0.2, 0.25) is 0 Å². The van der Waals surface area contributed by atoms with Crippen LogP contribution < -0.4 is 0 Å². The van der Waals surface area contributed by atoms with Gasteiger partial charge in [-0.15, -0.1) is 0 Å². The van der Waals surface area contributed by atoms with Crippen molar-refractivity contribution in [3.05, 3.63) is 58.7 Å². The summed E-state index contributed by atoms with van der Waals surface area (Å²) in [5.74, 6) is 0. The van der Waals surface area contributed by atoms with Gasteiger partial charge in [0.25, 0.3) is 0 Å². The van der Waals surface area contributed by atoms with E-state index in [-0.39, 0.29) is 0 Å². The van der Waals surface area contributed by atoms with Crippen molar-refractivity contribution in [2.24, 2.45) is 0 Å². The Kier molecular flexibility index (Phi) is 4.24. The zero-order chi connectivity index (χ0) is 12.1. The lowest BCUT2D eigenvalue weighted by Gasteiger charge is -2.08. The van der Waals surface area contributed by atoms with E-state index >= 15 is 0 Å². The summed E-state index contributed by atoms with van der Waals surface area (Å²) in [6.07, 6.45) is 2.07. The first-order valence-electron chi connectivity index (χ1n) is 5.49. The Hall–Kier alpha value is -1.63. The van der Waals surface area contributed by atoms with E-state index in [9.17, 15) is 0 Å². The minimum absolute atomic E-state index is 0.599. The third kappa shape index (κ3) is 3.20. The zero-order valence-electron chi connectivity index (χ0n) is 10.5. The first kappa shape index (κ1) is 12.4. The summed E-state index contributed by atoms with van der Waals surface area (Å²) in [4.78, 5) is 0. The van der Waals surface area contributed by atoms with Crippen molar-refractivity contribution in [3.8, 4) is 0 Å². The number of benzene rings is 1. The van der Waals surface area contributed by atoms with Crippen molar-refractivity contribution >= 4 is 5.71 Å². The van der Waals surface area contributed by atoms with Crippen LogP contribution in [0.3, 0.4) is 0 Å². The van der Waals surface area contributed by atoms with Crippen LogP contribution in [0.15, 0.2) is 53.1 Å². The van der Waals surface area contributed by atoms with Crippen LogP contribution in [0.4, 0.5) is 0 Å². The molecule has 0 radical (unpaired) electrons. The number of allylic oxidation sites excluding steroid dienone is 4. The second-order valence-corrected chi connectivity index (χ2v) is 4.38. The molecule has 84 valence electrons. The molecular weight excluding hydrogens is 194 g/mol. The van der Waals surface area contributed by atoms with Crippen molar-refractivity contribution in [3.63, 3.8) is 0 Å². The average Bonchev–Trinajstić information content (AvgIpc) is 2.25. The molecule has 1 aromatic carbocycles. The molecule has 0 atom stereocenters. The molecule has 0 aliphatic carbocycles. The molecule has 0 spiro atoms. The molecule has 0 saturated carbocycles. The zero-order valence-corrected chi connectivity index (χ0v) is 10.5. The van der Waals surface area contributed by atoms with Crippen molar-refractivity contribution in [1.82, 2.24) is 0 Å². The van der Waals surface area contributed by atoms with Gasteiger partial charge in [0.15, 0.2) is 0 Å². The second kappa shape index (κ2) is 5.45. The summed E-state index contributed by atoms with van der Waals surface area (Å²) in [7, 11) is 0. The van der Waals surface area contributed by atoms with Crippen molar-refractivity contribution in [1.29, 1.82) is 5.41 Å². The standard InChI is InChI=1S/C15H19N/c1-11(2)10-14(12(3)4)15(16)13-8-6-5-7-9-13/h5-10,16H,1-4H3. The fourth-order valence-electron chi connectivity index (χ4n) is 1.52. The van der Waals surface area contributed by atoms with Gasteiger partial charge in [0.1, 0.15) is 0 Å². The Labute approximate surface area is 98.0 Å². The lowest BCUT2D eigenvalue weighted by Crippen LogP contribution is -2.03. The first-order valence-corrected chi connectivity index (χ1v) is 5.49. The topological polar surface area (TPSA) is 23.9 Å². The average molecular weight is 213 g/mol. The van der Waals surface area contributed by atoms with E-state index in [1.807, 2.05) is 44.2 Å². The third-order valence-corrected chi connectivity index (χ3v) is 2.30. The lowest BCUT2D eigenvalue weighted by atomic mass is 9.97. The molecule has 0 saturated heterocycles. The number of hydrogen-bond acceptors (Lipinski definition) is 1. The smallest absolute Gasteiger partial charge is 0.0683 e. The summed E-state index contributed by atoms with van der Waals surface area (Å²) >= 11 is 0. The normalized spacial score (nSPS) is 9.50. The fraction of sp³-hybridized carbons (Fsp3) is 0.267. The highest BCUT2D eigenvalue weighted by Gasteiger charge is 2.06. The van der Waals surface area contributed by atoms with Gasteiger partial charge in [-0.1, -0.05) is 47.6 Å². The Morgan fingerprint density at radius 1 is 1.00 bits per heavy atom. The van der Waals surface area contributed by atoms with Gasteiger partial charge in [-0.05, 0) is 38.8 Å². The second-order valence-electron chi connectivity index (χ2n) is 4.38. The molecule has 0 amide bonds. The van der Waals surface area contributed by atoms with Crippen LogP contribution >= 0.6 is 0 Å². The SMILES string of the molecule is CC(C)=CC(C(=N)c1ccccc1)=C(C)C. The summed E-state index contributed by atoms with van der Waals surface area (Å²) in [5.41, 5.74) is 4.98. The monoisotopic (exact) mass is 213 g/mol. The summed E-state index contributed by atoms with van der Waals surface area (Å²) < 4.78 is 0. The largest absolute Gasteiger partial charge is 0.300 e. The summed E-state index contributed by atoms with van der Waals surface area (Å²) in [5, 5.41) is 8.21. The molecule has 16 heavy (non-hydrogen) atoms. The van der Waals surface area contributed by atoms with Crippen LogP contribution in [0.25, 0.3) is 0 Å². The van der Waals surface area contributed by atoms with Gasteiger partial charge < -0.3 is 0 Å². The van der Waals surface area contributed by atoms with Crippen LogP contribution in [-0.2, 0) is 0 Å². The lowest BCUT2D eigenvalue weighted by molar-refractivity contribution is 1.30. The maximum atomic E-state index is 8.21. The van der Waals surface area contributed by atoms with Gasteiger partial charge in [0.2, 0.25) is 0 Å². The Morgan fingerprint density at radius 2 is 1.56 bits per heavy atom. The van der Waals surface area contributed by atoms with Gasteiger partial charge in [-0.25, -0.2) is 0 Å². The molecule has 0 bridgehead atoms. The van der Waals surface area contributed by atoms with Crippen LogP contribution in [0, 0.1) is 5.41 Å². The molecule has 0 aliphatic heterocycles. The van der Waals surface area contributed by atoms with Crippen LogP contribution in [0.1, 0.15) is 33.3 Å². The first-order chi connectivity index (χ1) is 7.52. The van der Waals surface area contributed by atoms with Gasteiger partial charge in [0.05, 0.1) is 5.71 Å². The summed E-state index contributed by atoms with van der Waals surface area (Å²) in [6.45, 7) is 8.21. The predicted molar refractivity (Wildman–Crippen MR) is 71.1 cm³/mol. The van der Waals surface area contributed by atoms with E-state index in [1.165, 1.54) is 11.1 Å². The number of hydrogen-bond donors (Lipinski definition) is 1. The van der Waals surface area contributed by atoms with Crippen molar-refractivity contribution in [2.75, 3.05) is 0 Å². The van der Waals surface area contributed by atoms with E-state index < -0.39 is 0 Å². The van der Waals surface area contributed by atoms with E-state index in [0.29, 0.717) is 5.71 Å². The maximum Gasteiger partial charge on any atom is 0.0683 e. The molecule has 0 fully saturated rings. The maximum absolute atomic E-state index is 8.21. The molecule has 1 heteroatoms. The van der Waals surface area contributed by atoms with Gasteiger partial charge >= 0.3 is 0 Å². The van der Waals surface area contributed by atoms with E-state index in [1.54, 1.807) is 0 Å². The van der Waals surface area contributed by atoms with Crippen LogP contribution in [0.5, 0.6) is 0 Å². The van der Waals surface area contributed by atoms with Crippen LogP contribution in [-0.4, -0.2) is 5.71 Å². The molecular formula is C15H19N. The summed E-state index contributed by atoms with van der Waals surface area (Å²) in [6, 6.07) is 9.86. The van der Waals surface area contributed by atoms with Gasteiger partial charge in [-0.3, -0.25) is 5.41 Å². The predicted octanol–water partition coefficient (Wildman–Crippen LogP) is 4.36. The molecule has 0 unspecified atom stereocenters. The number of nitrogens with one attached hydrogen (secondary N) is 1. The van der Waals surface area contributed by atoms with Gasteiger partial charge in [-0.2, -0.15) is 0 Å². The van der Waals surface area contributed by atoms with E-state index in [0.717, 1.165) is 11.1 Å². The molecule has 1 rings (SSSR count). The van der Waals surface area contributed by atoms with Crippen molar-refractivity contribution < 1.29 is 0 Å². The third-order valence-electron chi connectivity index (χ3n) is 2.30. The molecule has 0 aliphatic rings. The Bertz CT molecular complexity index is 428. The quantitative estimate of drug-likeness (QED) is 0.570. The minimum Gasteiger partial charge on any atom is -0.300 e. The fourth-order valence-corrected chi connectivity index (χ4v) is 1.52. The Balaban J connectivity index is 3.14. The van der Waals surface area contributed by atoms with Crippen molar-refractivity contribution in [2.45, 2.75) is 27.7 Å². The highest BCUT2D eigenvalue weighted by atomic mass is 14.4. The molecule has 1 nitrogen and oxygen atoms in total. The number of rotatable bonds is 3. The van der Waals surface area contributed by atoms with Gasteiger partial charge in [0, 0.05) is 0 Å². The Morgan fingerprint density at radius 3 is 2.00 bits per heavy atom. The highest BCUT2D eigenvalue weighted by Crippen LogP contribution is 2.15. The molecule has 1 aromatic rings. The highest BCUT2D eigenvalue weighted by molar-refractivity contribution is 6.12. The molecule has 0 aromatic heterocycles. The van der Waals surface area contributed by atoms with E-state index in [4.69, 9.17) is 5.41 Å².